The van der Waals surface area contributed by atoms with Crippen molar-refractivity contribution >= 4 is 32.8 Å². The van der Waals surface area contributed by atoms with Gasteiger partial charge in [-0.05, 0) is 51.4 Å². The van der Waals surface area contributed by atoms with Gasteiger partial charge in [0.15, 0.2) is 9.84 Å². The number of carbonyl (C=O) groups excluding carboxylic acids is 1. The fourth-order valence-corrected chi connectivity index (χ4v) is 6.47. The zero-order valence-corrected chi connectivity index (χ0v) is 17.6. The molecule has 2 aliphatic heterocycles. The highest BCUT2D eigenvalue weighted by molar-refractivity contribution is 7.91. The van der Waals surface area contributed by atoms with E-state index < -0.39 is 9.84 Å². The molecule has 1 aromatic carbocycles. The summed E-state index contributed by atoms with van der Waals surface area (Å²) in [6.45, 7) is 3.56. The summed E-state index contributed by atoms with van der Waals surface area (Å²) in [5.74, 6) is 0.587. The molecule has 0 aliphatic carbocycles. The van der Waals surface area contributed by atoms with Crippen LogP contribution in [0.25, 0.3) is 11.3 Å². The molecule has 1 N–H and O–H groups in total. The van der Waals surface area contributed by atoms with Crippen molar-refractivity contribution in [1.82, 2.24) is 9.88 Å². The van der Waals surface area contributed by atoms with Crippen LogP contribution in [0, 0.1) is 12.8 Å². The zero-order chi connectivity index (χ0) is 19.7. The Balaban J connectivity index is 1.34. The van der Waals surface area contributed by atoms with Gasteiger partial charge in [-0.15, -0.1) is 11.3 Å². The van der Waals surface area contributed by atoms with Crippen molar-refractivity contribution in [3.05, 3.63) is 34.7 Å². The second-order valence-corrected chi connectivity index (χ2v) is 11.0. The van der Waals surface area contributed by atoms with E-state index in [1.165, 1.54) is 0 Å². The third-order valence-corrected chi connectivity index (χ3v) is 8.19. The lowest BCUT2D eigenvalue weighted by atomic mass is 9.94. The normalized spacial score (nSPS) is 23.0. The third kappa shape index (κ3) is 4.45. The first-order chi connectivity index (χ1) is 13.4. The Bertz CT molecular complexity index is 963. The van der Waals surface area contributed by atoms with E-state index in [2.05, 4.69) is 15.2 Å². The molecule has 2 aromatic rings. The molecule has 28 heavy (non-hydrogen) atoms. The van der Waals surface area contributed by atoms with Crippen LogP contribution < -0.4 is 5.32 Å². The van der Waals surface area contributed by atoms with Gasteiger partial charge in [0.05, 0.1) is 22.2 Å². The van der Waals surface area contributed by atoms with Crippen molar-refractivity contribution in [2.75, 3.05) is 29.9 Å². The number of benzene rings is 1. The highest BCUT2D eigenvalue weighted by Crippen LogP contribution is 2.27. The highest BCUT2D eigenvalue weighted by atomic mass is 32.2. The average Bonchev–Trinajstić information content (AvgIpc) is 3.27. The minimum Gasteiger partial charge on any atom is -0.326 e. The monoisotopic (exact) mass is 419 g/mol. The molecule has 4 rings (SSSR count). The standard InChI is InChI=1S/C20H25N3O3S2/c1-14-21-19(12-27-14)16-3-2-4-17(11-16)22-20(24)15-5-8-23(9-6-15)18-7-10-28(25,26)13-18/h2-4,11-12,15,18H,5-10,13H2,1H3,(H,22,24)/t18-/m1/s1. The van der Waals surface area contributed by atoms with E-state index in [1.54, 1.807) is 11.3 Å². The molecule has 0 spiro atoms. The average molecular weight is 420 g/mol. The van der Waals surface area contributed by atoms with E-state index in [0.29, 0.717) is 5.75 Å². The van der Waals surface area contributed by atoms with Crippen LogP contribution in [-0.2, 0) is 14.6 Å². The van der Waals surface area contributed by atoms with Gasteiger partial charge in [-0.25, -0.2) is 13.4 Å². The maximum Gasteiger partial charge on any atom is 0.227 e. The first-order valence-corrected chi connectivity index (χ1v) is 12.4. The van der Waals surface area contributed by atoms with E-state index in [-0.39, 0.29) is 23.6 Å². The number of carbonyl (C=O) groups is 1. The van der Waals surface area contributed by atoms with Gasteiger partial charge in [0, 0.05) is 28.6 Å². The summed E-state index contributed by atoms with van der Waals surface area (Å²) >= 11 is 1.61. The predicted octanol–water partition coefficient (Wildman–Crippen LogP) is 2.96. The fraction of sp³-hybridized carbons (Fsp3) is 0.500. The van der Waals surface area contributed by atoms with Gasteiger partial charge >= 0.3 is 0 Å². The Morgan fingerprint density at radius 1 is 1.25 bits per heavy atom. The van der Waals surface area contributed by atoms with E-state index >= 15 is 0 Å². The van der Waals surface area contributed by atoms with Crippen LogP contribution in [0.3, 0.4) is 0 Å². The van der Waals surface area contributed by atoms with Crippen LogP contribution in [0.15, 0.2) is 29.6 Å². The topological polar surface area (TPSA) is 79.4 Å². The number of anilines is 1. The number of nitrogens with one attached hydrogen (secondary N) is 1. The number of nitrogens with zero attached hydrogens (tertiary/aromatic N) is 2. The number of amides is 1. The molecule has 2 saturated heterocycles. The lowest BCUT2D eigenvalue weighted by Crippen LogP contribution is -2.44. The van der Waals surface area contributed by atoms with Gasteiger partial charge < -0.3 is 5.32 Å². The quantitative estimate of drug-likeness (QED) is 0.824. The van der Waals surface area contributed by atoms with Crippen molar-refractivity contribution in [2.45, 2.75) is 32.2 Å². The molecule has 2 fully saturated rings. The number of sulfone groups is 1. The SMILES string of the molecule is Cc1nc(-c2cccc(NC(=O)C3CCN([C@@H]4CCS(=O)(=O)C4)CC3)c2)cs1. The number of rotatable bonds is 4. The van der Waals surface area contributed by atoms with E-state index in [1.807, 2.05) is 36.6 Å². The van der Waals surface area contributed by atoms with Crippen LogP contribution in [0.2, 0.25) is 0 Å². The molecule has 0 saturated carbocycles. The Morgan fingerprint density at radius 3 is 2.68 bits per heavy atom. The first kappa shape index (κ1) is 19.5. The summed E-state index contributed by atoms with van der Waals surface area (Å²) in [6.07, 6.45) is 2.27. The number of aryl methyl sites for hydroxylation is 1. The zero-order valence-electron chi connectivity index (χ0n) is 15.9. The molecule has 0 radical (unpaired) electrons. The molecule has 2 aliphatic rings. The van der Waals surface area contributed by atoms with Gasteiger partial charge in [0.25, 0.3) is 0 Å². The summed E-state index contributed by atoms with van der Waals surface area (Å²) < 4.78 is 23.4. The van der Waals surface area contributed by atoms with Gasteiger partial charge in [-0.1, -0.05) is 12.1 Å². The molecule has 3 heterocycles. The van der Waals surface area contributed by atoms with Crippen molar-refractivity contribution in [2.24, 2.45) is 5.92 Å². The molecule has 1 aromatic heterocycles. The minimum atomic E-state index is -2.87. The van der Waals surface area contributed by atoms with Crippen molar-refractivity contribution in [3.8, 4) is 11.3 Å². The van der Waals surface area contributed by atoms with Crippen LogP contribution in [0.1, 0.15) is 24.3 Å². The molecule has 0 bridgehead atoms. The van der Waals surface area contributed by atoms with Crippen molar-refractivity contribution in [3.63, 3.8) is 0 Å². The van der Waals surface area contributed by atoms with Crippen molar-refractivity contribution in [1.29, 1.82) is 0 Å². The summed E-state index contributed by atoms with van der Waals surface area (Å²) in [4.78, 5) is 19.5. The van der Waals surface area contributed by atoms with E-state index in [9.17, 15) is 13.2 Å². The largest absolute Gasteiger partial charge is 0.326 e. The Kier molecular flexibility index (Phi) is 5.53. The summed E-state index contributed by atoms with van der Waals surface area (Å²) in [7, 11) is -2.87. The van der Waals surface area contributed by atoms with Crippen LogP contribution in [0.4, 0.5) is 5.69 Å². The van der Waals surface area contributed by atoms with E-state index in [0.717, 1.165) is 54.3 Å². The molecule has 6 nitrogen and oxygen atoms in total. The fourth-order valence-electron chi connectivity index (χ4n) is 4.09. The predicted molar refractivity (Wildman–Crippen MR) is 112 cm³/mol. The smallest absolute Gasteiger partial charge is 0.227 e. The number of aromatic nitrogens is 1. The molecule has 1 amide bonds. The summed E-state index contributed by atoms with van der Waals surface area (Å²) in [5, 5.41) is 6.09. The maximum atomic E-state index is 12.7. The number of piperidine rings is 1. The lowest BCUT2D eigenvalue weighted by Gasteiger charge is -2.34. The number of thiazole rings is 1. The minimum absolute atomic E-state index is 0.0283. The Hall–Kier alpha value is -1.77. The lowest BCUT2D eigenvalue weighted by molar-refractivity contribution is -0.121. The highest BCUT2D eigenvalue weighted by Gasteiger charge is 2.35. The van der Waals surface area contributed by atoms with Crippen molar-refractivity contribution < 1.29 is 13.2 Å². The maximum absolute atomic E-state index is 12.7. The Labute approximate surface area is 169 Å². The first-order valence-electron chi connectivity index (χ1n) is 9.67. The second-order valence-electron chi connectivity index (χ2n) is 7.69. The molecule has 8 heteroatoms. The van der Waals surface area contributed by atoms with Crippen LogP contribution in [-0.4, -0.2) is 54.8 Å². The number of hydrogen-bond donors (Lipinski definition) is 1. The van der Waals surface area contributed by atoms with E-state index in [4.69, 9.17) is 0 Å². The molecule has 1 atom stereocenters. The van der Waals surface area contributed by atoms with Gasteiger partial charge in [0.1, 0.15) is 0 Å². The van der Waals surface area contributed by atoms with Gasteiger partial charge in [-0.2, -0.15) is 0 Å². The molecule has 150 valence electrons. The van der Waals surface area contributed by atoms with Crippen LogP contribution in [0.5, 0.6) is 0 Å². The molecular formula is C20H25N3O3S2. The molecule has 0 unspecified atom stereocenters. The summed E-state index contributed by atoms with van der Waals surface area (Å²) in [5.41, 5.74) is 2.72. The number of likely N-dealkylation sites (tertiary alicyclic amines) is 1. The van der Waals surface area contributed by atoms with Crippen LogP contribution >= 0.6 is 11.3 Å². The second kappa shape index (κ2) is 7.93. The van der Waals surface area contributed by atoms with Gasteiger partial charge in [0.2, 0.25) is 5.91 Å². The summed E-state index contributed by atoms with van der Waals surface area (Å²) in [6, 6.07) is 7.93. The Morgan fingerprint density at radius 2 is 2.04 bits per heavy atom. The van der Waals surface area contributed by atoms with Gasteiger partial charge in [-0.3, -0.25) is 9.69 Å². The number of hydrogen-bond acceptors (Lipinski definition) is 6. The third-order valence-electron chi connectivity index (χ3n) is 5.67. The molecular weight excluding hydrogens is 394 g/mol.